The van der Waals surface area contributed by atoms with Gasteiger partial charge in [0, 0.05) is 6.08 Å². The summed E-state index contributed by atoms with van der Waals surface area (Å²) in [5.41, 5.74) is 1.30. The minimum Gasteiger partial charge on any atom is -0.497 e. The van der Waals surface area contributed by atoms with Gasteiger partial charge in [0.1, 0.15) is 23.9 Å². The zero-order valence-electron chi connectivity index (χ0n) is 18.0. The van der Waals surface area contributed by atoms with E-state index >= 15 is 0 Å². The van der Waals surface area contributed by atoms with Crippen molar-refractivity contribution in [1.82, 2.24) is 4.57 Å². The summed E-state index contributed by atoms with van der Waals surface area (Å²) in [7, 11) is 1.58. The zero-order chi connectivity index (χ0) is 22.8. The molecule has 3 heterocycles. The summed E-state index contributed by atoms with van der Waals surface area (Å²) in [5.74, 6) is 1.46. The van der Waals surface area contributed by atoms with Crippen molar-refractivity contribution in [3.8, 4) is 5.75 Å². The third-order valence-corrected chi connectivity index (χ3v) is 6.02. The van der Waals surface area contributed by atoms with E-state index in [9.17, 15) is 9.59 Å². The van der Waals surface area contributed by atoms with Gasteiger partial charge in [0.15, 0.2) is 4.80 Å². The lowest BCUT2D eigenvalue weighted by molar-refractivity contribution is -0.138. The van der Waals surface area contributed by atoms with Crippen LogP contribution in [-0.2, 0) is 9.53 Å². The number of carbonyl (C=O) groups excluding carboxylic acids is 1. The Morgan fingerprint density at radius 2 is 2.00 bits per heavy atom. The van der Waals surface area contributed by atoms with Crippen LogP contribution in [0.5, 0.6) is 5.75 Å². The Morgan fingerprint density at radius 3 is 2.62 bits per heavy atom. The molecule has 32 heavy (non-hydrogen) atoms. The molecule has 1 aromatic carbocycles. The number of allylic oxidation sites excluding steroid dienone is 1. The van der Waals surface area contributed by atoms with Crippen LogP contribution < -0.4 is 19.6 Å². The van der Waals surface area contributed by atoms with Crippen molar-refractivity contribution in [3.05, 3.63) is 97.1 Å². The Bertz CT molecular complexity index is 1390. The second-order valence-corrected chi connectivity index (χ2v) is 8.20. The summed E-state index contributed by atoms with van der Waals surface area (Å²) < 4.78 is 18.2. The SMILES string of the molecule is C=CCOC(=O)C1=C(C)N=c2s/c(=C/c3ccc(C)o3)c(=O)n2[C@@H]1c1ccc(OC)cc1. The molecule has 2 aromatic heterocycles. The van der Waals surface area contributed by atoms with Crippen LogP contribution in [-0.4, -0.2) is 24.3 Å². The molecule has 0 N–H and O–H groups in total. The predicted molar refractivity (Wildman–Crippen MR) is 121 cm³/mol. The van der Waals surface area contributed by atoms with Gasteiger partial charge in [0.05, 0.1) is 29.0 Å². The van der Waals surface area contributed by atoms with Gasteiger partial charge in [-0.25, -0.2) is 9.79 Å². The minimum absolute atomic E-state index is 0.0627. The molecule has 0 aliphatic carbocycles. The third kappa shape index (κ3) is 3.97. The normalized spacial score (nSPS) is 15.8. The molecule has 0 unspecified atom stereocenters. The number of ether oxygens (including phenoxy) is 2. The molecular weight excluding hydrogens is 428 g/mol. The van der Waals surface area contributed by atoms with Crippen molar-refractivity contribution in [2.75, 3.05) is 13.7 Å². The van der Waals surface area contributed by atoms with Gasteiger partial charge < -0.3 is 13.9 Å². The quantitative estimate of drug-likeness (QED) is 0.426. The first-order chi connectivity index (χ1) is 15.4. The van der Waals surface area contributed by atoms with Crippen molar-refractivity contribution >= 4 is 23.4 Å². The highest BCUT2D eigenvalue weighted by Gasteiger charge is 2.33. The molecule has 0 bridgehead atoms. The van der Waals surface area contributed by atoms with Gasteiger partial charge in [0.2, 0.25) is 0 Å². The first kappa shape index (κ1) is 21.6. The molecule has 1 aliphatic rings. The van der Waals surface area contributed by atoms with Crippen LogP contribution >= 0.6 is 11.3 Å². The van der Waals surface area contributed by atoms with Gasteiger partial charge in [0.25, 0.3) is 5.56 Å². The molecule has 0 fully saturated rings. The van der Waals surface area contributed by atoms with Crippen molar-refractivity contribution in [2.24, 2.45) is 4.99 Å². The Labute approximate surface area is 188 Å². The number of esters is 1. The third-order valence-electron chi connectivity index (χ3n) is 5.04. The number of fused-ring (bicyclic) bond motifs is 1. The average Bonchev–Trinajstić information content (AvgIpc) is 3.33. The molecule has 8 heteroatoms. The lowest BCUT2D eigenvalue weighted by Crippen LogP contribution is -2.39. The number of thiazole rings is 1. The monoisotopic (exact) mass is 450 g/mol. The fourth-order valence-corrected chi connectivity index (χ4v) is 4.58. The Balaban J connectivity index is 1.92. The van der Waals surface area contributed by atoms with E-state index in [1.54, 1.807) is 38.3 Å². The number of nitrogens with zero attached hydrogens (tertiary/aromatic N) is 2. The second kappa shape index (κ2) is 8.84. The second-order valence-electron chi connectivity index (χ2n) is 7.19. The summed E-state index contributed by atoms with van der Waals surface area (Å²) in [6, 6.07) is 10.2. The number of hydrogen-bond donors (Lipinski definition) is 0. The van der Waals surface area contributed by atoms with Crippen LogP contribution in [0, 0.1) is 6.92 Å². The number of methoxy groups -OCH3 is 1. The first-order valence-electron chi connectivity index (χ1n) is 9.94. The fourth-order valence-electron chi connectivity index (χ4n) is 3.56. The number of aryl methyl sites for hydroxylation is 1. The average molecular weight is 451 g/mol. The largest absolute Gasteiger partial charge is 0.497 e. The molecule has 7 nitrogen and oxygen atoms in total. The maximum absolute atomic E-state index is 13.4. The van der Waals surface area contributed by atoms with Crippen molar-refractivity contribution in [3.63, 3.8) is 0 Å². The van der Waals surface area contributed by atoms with Crippen molar-refractivity contribution < 1.29 is 18.7 Å². The Hall–Kier alpha value is -3.65. The molecule has 164 valence electrons. The zero-order valence-corrected chi connectivity index (χ0v) is 18.8. The number of carbonyl (C=O) groups is 1. The molecule has 0 spiro atoms. The maximum atomic E-state index is 13.4. The van der Waals surface area contributed by atoms with E-state index < -0.39 is 12.0 Å². The summed E-state index contributed by atoms with van der Waals surface area (Å²) in [4.78, 5) is 31.5. The molecule has 0 saturated heterocycles. The maximum Gasteiger partial charge on any atom is 0.338 e. The standard InChI is InChI=1S/C24H22N2O5S/c1-5-12-30-23(28)20-15(3)25-24-26(21(20)16-7-10-17(29-4)11-8-16)22(27)19(32-24)13-18-9-6-14(2)31-18/h5-11,13,21H,1,12H2,2-4H3/b19-13+/t21-/m1/s1. The van der Waals surface area contributed by atoms with Crippen LogP contribution in [0.3, 0.4) is 0 Å². The topological polar surface area (TPSA) is 83.0 Å². The minimum atomic E-state index is -0.685. The number of benzene rings is 1. The molecule has 0 saturated carbocycles. The predicted octanol–water partition coefficient (Wildman–Crippen LogP) is 2.87. The smallest absolute Gasteiger partial charge is 0.338 e. The van der Waals surface area contributed by atoms with Gasteiger partial charge >= 0.3 is 5.97 Å². The lowest BCUT2D eigenvalue weighted by Gasteiger charge is -2.24. The van der Waals surface area contributed by atoms with Crippen molar-refractivity contribution in [2.45, 2.75) is 19.9 Å². The molecule has 1 aliphatic heterocycles. The Kier molecular flexibility index (Phi) is 5.96. The van der Waals surface area contributed by atoms with Crippen LogP contribution in [0.4, 0.5) is 0 Å². The molecule has 4 rings (SSSR count). The number of aromatic nitrogens is 1. The Morgan fingerprint density at radius 1 is 1.25 bits per heavy atom. The number of hydrogen-bond acceptors (Lipinski definition) is 7. The van der Waals surface area contributed by atoms with E-state index in [2.05, 4.69) is 11.6 Å². The number of rotatable bonds is 6. The van der Waals surface area contributed by atoms with E-state index in [1.807, 2.05) is 25.1 Å². The van der Waals surface area contributed by atoms with Gasteiger partial charge in [-0.2, -0.15) is 0 Å². The fraction of sp³-hybridized carbons (Fsp3) is 0.208. The van der Waals surface area contributed by atoms with Gasteiger partial charge in [-0.05, 0) is 43.7 Å². The lowest BCUT2D eigenvalue weighted by atomic mass is 9.96. The van der Waals surface area contributed by atoms with E-state index in [1.165, 1.54) is 22.0 Å². The first-order valence-corrected chi connectivity index (χ1v) is 10.8. The molecular formula is C24H22N2O5S. The number of furan rings is 1. The van der Waals surface area contributed by atoms with Gasteiger partial charge in [-0.1, -0.05) is 36.1 Å². The van der Waals surface area contributed by atoms with E-state index in [0.717, 1.165) is 11.3 Å². The van der Waals surface area contributed by atoms with Gasteiger partial charge in [-0.15, -0.1) is 0 Å². The van der Waals surface area contributed by atoms with E-state index in [-0.39, 0.29) is 12.2 Å². The molecule has 3 aromatic rings. The highest BCUT2D eigenvalue weighted by molar-refractivity contribution is 7.07. The van der Waals surface area contributed by atoms with Crippen LogP contribution in [0.2, 0.25) is 0 Å². The summed E-state index contributed by atoms with van der Waals surface area (Å²) in [6.45, 7) is 7.24. The van der Waals surface area contributed by atoms with Crippen LogP contribution in [0.25, 0.3) is 6.08 Å². The highest BCUT2D eigenvalue weighted by Crippen LogP contribution is 2.31. The molecule has 1 atom stereocenters. The van der Waals surface area contributed by atoms with Crippen molar-refractivity contribution in [1.29, 1.82) is 0 Å². The molecule has 0 amide bonds. The van der Waals surface area contributed by atoms with Crippen LogP contribution in [0.15, 0.2) is 74.5 Å². The van der Waals surface area contributed by atoms with Crippen LogP contribution in [0.1, 0.15) is 30.0 Å². The summed E-state index contributed by atoms with van der Waals surface area (Å²) in [5, 5.41) is 0. The molecule has 0 radical (unpaired) electrons. The van der Waals surface area contributed by atoms with E-state index in [0.29, 0.717) is 32.1 Å². The van der Waals surface area contributed by atoms with E-state index in [4.69, 9.17) is 13.9 Å². The van der Waals surface area contributed by atoms with Gasteiger partial charge in [-0.3, -0.25) is 9.36 Å². The summed E-state index contributed by atoms with van der Waals surface area (Å²) in [6.07, 6.45) is 3.19. The summed E-state index contributed by atoms with van der Waals surface area (Å²) >= 11 is 1.25. The highest BCUT2D eigenvalue weighted by atomic mass is 32.1.